The Bertz CT molecular complexity index is 781. The summed E-state index contributed by atoms with van der Waals surface area (Å²) in [5.41, 5.74) is 2.40. The Balaban J connectivity index is 1.62. The molecule has 1 aromatic carbocycles. The van der Waals surface area contributed by atoms with E-state index in [0.717, 1.165) is 63.1 Å². The number of likely N-dealkylation sites (tertiary alicyclic amines) is 2. The Morgan fingerprint density at radius 1 is 0.871 bits per heavy atom. The maximum absolute atomic E-state index is 12.9. The molecule has 3 rings (SSSR count). The summed E-state index contributed by atoms with van der Waals surface area (Å²) in [7, 11) is 8.24. The Morgan fingerprint density at radius 3 is 1.90 bits per heavy atom. The first kappa shape index (κ1) is 23.3. The zero-order valence-corrected chi connectivity index (χ0v) is 19.6. The van der Waals surface area contributed by atoms with E-state index in [-0.39, 0.29) is 12.1 Å². The third-order valence-corrected chi connectivity index (χ3v) is 6.56. The van der Waals surface area contributed by atoms with Crippen LogP contribution in [0.4, 0.5) is 21.0 Å². The standard InChI is InChI=1S/C23H38N6O2/c1-17-10-11-18(24-22(30)28-12-6-8-19(15-28)26(2)3)14-21(17)25-23(31)29-13-7-9-20(16-29)27(4)5/h10-11,14,19-20H,6-9,12-13,15-16H2,1-5H3,(H,24,30)(H,25,31). The fourth-order valence-electron chi connectivity index (χ4n) is 4.35. The number of nitrogens with zero attached hydrogens (tertiary/aromatic N) is 4. The predicted molar refractivity (Wildman–Crippen MR) is 126 cm³/mol. The monoisotopic (exact) mass is 430 g/mol. The molecular formula is C23H38N6O2. The first-order chi connectivity index (χ1) is 14.7. The van der Waals surface area contributed by atoms with Crippen LogP contribution in [-0.2, 0) is 0 Å². The third-order valence-electron chi connectivity index (χ3n) is 6.56. The van der Waals surface area contributed by atoms with Gasteiger partial charge in [0.05, 0.1) is 0 Å². The molecule has 2 atom stereocenters. The van der Waals surface area contributed by atoms with Gasteiger partial charge in [-0.25, -0.2) is 9.59 Å². The Kier molecular flexibility index (Phi) is 7.78. The van der Waals surface area contributed by atoms with Crippen molar-refractivity contribution in [2.24, 2.45) is 0 Å². The Morgan fingerprint density at radius 2 is 1.39 bits per heavy atom. The molecular weight excluding hydrogens is 392 g/mol. The lowest BCUT2D eigenvalue weighted by Crippen LogP contribution is -2.49. The molecule has 0 bridgehead atoms. The van der Waals surface area contributed by atoms with Gasteiger partial charge in [-0.3, -0.25) is 0 Å². The van der Waals surface area contributed by atoms with Gasteiger partial charge in [-0.2, -0.15) is 0 Å². The molecule has 0 aliphatic carbocycles. The summed E-state index contributed by atoms with van der Waals surface area (Å²) < 4.78 is 0. The van der Waals surface area contributed by atoms with Gasteiger partial charge in [0.1, 0.15) is 0 Å². The highest BCUT2D eigenvalue weighted by Gasteiger charge is 2.26. The lowest BCUT2D eigenvalue weighted by atomic mass is 10.1. The molecule has 2 heterocycles. The minimum Gasteiger partial charge on any atom is -0.323 e. The lowest BCUT2D eigenvalue weighted by Gasteiger charge is -2.36. The van der Waals surface area contributed by atoms with Crippen LogP contribution in [0.1, 0.15) is 31.2 Å². The number of hydrogen-bond acceptors (Lipinski definition) is 4. The number of nitrogens with one attached hydrogen (secondary N) is 2. The average Bonchev–Trinajstić information content (AvgIpc) is 2.76. The Hall–Kier alpha value is -2.32. The number of likely N-dealkylation sites (N-methyl/N-ethyl adjacent to an activating group) is 2. The van der Waals surface area contributed by atoms with Crippen molar-refractivity contribution in [2.75, 3.05) is 65.0 Å². The molecule has 8 nitrogen and oxygen atoms in total. The summed E-state index contributed by atoms with van der Waals surface area (Å²) in [6.45, 7) is 4.97. The van der Waals surface area contributed by atoms with Crippen LogP contribution in [0.3, 0.4) is 0 Å². The first-order valence-corrected chi connectivity index (χ1v) is 11.3. The number of benzene rings is 1. The SMILES string of the molecule is Cc1ccc(NC(=O)N2CCCC(N(C)C)C2)cc1NC(=O)N1CCCC(N(C)C)C1. The molecule has 2 fully saturated rings. The molecule has 8 heteroatoms. The van der Waals surface area contributed by atoms with Crippen LogP contribution >= 0.6 is 0 Å². The number of hydrogen-bond donors (Lipinski definition) is 2. The number of carbonyl (C=O) groups is 2. The molecule has 2 unspecified atom stereocenters. The molecule has 4 amide bonds. The fourth-order valence-corrected chi connectivity index (χ4v) is 4.35. The van der Waals surface area contributed by atoms with Crippen molar-refractivity contribution in [3.8, 4) is 0 Å². The van der Waals surface area contributed by atoms with Gasteiger partial charge in [0, 0.05) is 49.6 Å². The fraction of sp³-hybridized carbons (Fsp3) is 0.652. The van der Waals surface area contributed by atoms with E-state index in [2.05, 4.69) is 48.6 Å². The summed E-state index contributed by atoms with van der Waals surface area (Å²) in [5, 5.41) is 6.06. The van der Waals surface area contributed by atoms with Crippen LogP contribution in [0.2, 0.25) is 0 Å². The van der Waals surface area contributed by atoms with Crippen LogP contribution in [0, 0.1) is 6.92 Å². The summed E-state index contributed by atoms with van der Waals surface area (Å²) >= 11 is 0. The largest absolute Gasteiger partial charge is 0.323 e. The van der Waals surface area contributed by atoms with Crippen molar-refractivity contribution in [3.63, 3.8) is 0 Å². The maximum atomic E-state index is 12.9. The molecule has 1 aromatic rings. The zero-order chi connectivity index (χ0) is 22.5. The molecule has 2 aliphatic heterocycles. The third kappa shape index (κ3) is 6.11. The van der Waals surface area contributed by atoms with E-state index in [4.69, 9.17) is 0 Å². The second-order valence-corrected chi connectivity index (χ2v) is 9.30. The van der Waals surface area contributed by atoms with Crippen molar-refractivity contribution in [1.29, 1.82) is 0 Å². The van der Waals surface area contributed by atoms with E-state index in [1.54, 1.807) is 0 Å². The highest BCUT2D eigenvalue weighted by Crippen LogP contribution is 2.23. The van der Waals surface area contributed by atoms with Crippen LogP contribution in [-0.4, -0.2) is 98.1 Å². The van der Waals surface area contributed by atoms with Crippen molar-refractivity contribution in [3.05, 3.63) is 23.8 Å². The number of piperidine rings is 2. The number of anilines is 2. The van der Waals surface area contributed by atoms with E-state index >= 15 is 0 Å². The normalized spacial score (nSPS) is 22.0. The number of urea groups is 2. The van der Waals surface area contributed by atoms with Crippen LogP contribution in [0.5, 0.6) is 0 Å². The van der Waals surface area contributed by atoms with Crippen LogP contribution < -0.4 is 10.6 Å². The number of rotatable bonds is 4. The topological polar surface area (TPSA) is 71.2 Å². The second kappa shape index (κ2) is 10.3. The first-order valence-electron chi connectivity index (χ1n) is 11.3. The average molecular weight is 431 g/mol. The summed E-state index contributed by atoms with van der Waals surface area (Å²) in [6, 6.07) is 6.29. The minimum atomic E-state index is -0.0856. The van der Waals surface area contributed by atoms with E-state index in [9.17, 15) is 9.59 Å². The van der Waals surface area contributed by atoms with Gasteiger partial charge < -0.3 is 30.2 Å². The molecule has 2 N–H and O–H groups in total. The maximum Gasteiger partial charge on any atom is 0.321 e. The van der Waals surface area contributed by atoms with Gasteiger partial charge in [0.25, 0.3) is 0 Å². The highest BCUT2D eigenvalue weighted by molar-refractivity contribution is 5.93. The number of carbonyl (C=O) groups excluding carboxylic acids is 2. The van der Waals surface area contributed by atoms with Gasteiger partial charge in [-0.1, -0.05) is 6.07 Å². The van der Waals surface area contributed by atoms with E-state index in [0.29, 0.717) is 17.8 Å². The minimum absolute atomic E-state index is 0.0806. The summed E-state index contributed by atoms with van der Waals surface area (Å²) in [4.78, 5) is 33.8. The van der Waals surface area contributed by atoms with Gasteiger partial charge >= 0.3 is 12.1 Å². The smallest absolute Gasteiger partial charge is 0.321 e. The summed E-state index contributed by atoms with van der Waals surface area (Å²) in [5.74, 6) is 0. The number of amides is 4. The molecule has 0 spiro atoms. The molecule has 0 saturated carbocycles. The predicted octanol–water partition coefficient (Wildman–Crippen LogP) is 3.11. The van der Waals surface area contributed by atoms with Gasteiger partial charge in [0.15, 0.2) is 0 Å². The van der Waals surface area contributed by atoms with Crippen molar-refractivity contribution in [2.45, 2.75) is 44.7 Å². The van der Waals surface area contributed by atoms with Crippen molar-refractivity contribution < 1.29 is 9.59 Å². The number of aryl methyl sites for hydroxylation is 1. The molecule has 0 aromatic heterocycles. The second-order valence-electron chi connectivity index (χ2n) is 9.30. The zero-order valence-electron chi connectivity index (χ0n) is 19.6. The molecule has 2 aliphatic rings. The molecule has 2 saturated heterocycles. The van der Waals surface area contributed by atoms with Gasteiger partial charge in [-0.05, 0) is 78.5 Å². The van der Waals surface area contributed by atoms with Crippen LogP contribution in [0.25, 0.3) is 0 Å². The Labute approximate surface area is 186 Å². The van der Waals surface area contributed by atoms with Crippen molar-refractivity contribution >= 4 is 23.4 Å². The van der Waals surface area contributed by atoms with Crippen molar-refractivity contribution in [1.82, 2.24) is 19.6 Å². The molecule has 31 heavy (non-hydrogen) atoms. The van der Waals surface area contributed by atoms with Crippen LogP contribution in [0.15, 0.2) is 18.2 Å². The highest BCUT2D eigenvalue weighted by atomic mass is 16.2. The quantitative estimate of drug-likeness (QED) is 0.770. The van der Waals surface area contributed by atoms with Gasteiger partial charge in [-0.15, -0.1) is 0 Å². The van der Waals surface area contributed by atoms with E-state index < -0.39 is 0 Å². The molecule has 172 valence electrons. The van der Waals surface area contributed by atoms with Gasteiger partial charge in [0.2, 0.25) is 0 Å². The molecule has 0 radical (unpaired) electrons. The summed E-state index contributed by atoms with van der Waals surface area (Å²) in [6.07, 6.45) is 4.25. The van der Waals surface area contributed by atoms with E-state index in [1.807, 2.05) is 34.9 Å². The lowest BCUT2D eigenvalue weighted by molar-refractivity contribution is 0.148. The van der Waals surface area contributed by atoms with E-state index in [1.165, 1.54) is 0 Å².